The smallest absolute Gasteiger partial charge is 0.303 e. The molecule has 0 heterocycles. The van der Waals surface area contributed by atoms with Gasteiger partial charge in [-0.1, -0.05) is 34.1 Å². The van der Waals surface area contributed by atoms with Crippen molar-refractivity contribution in [1.82, 2.24) is 0 Å². The molecule has 11 atom stereocenters. The average molecular weight is 421 g/mol. The van der Waals surface area contributed by atoms with Crippen molar-refractivity contribution in [2.45, 2.75) is 104 Å². The molecule has 0 aliphatic heterocycles. The van der Waals surface area contributed by atoms with Crippen molar-refractivity contribution in [1.29, 1.82) is 0 Å². The first-order valence-electron chi connectivity index (χ1n) is 12.7. The van der Waals surface area contributed by atoms with Crippen LogP contribution in [0, 0.1) is 52.3 Å². The minimum atomic E-state index is -0.683. The van der Waals surface area contributed by atoms with Crippen LogP contribution in [0.25, 0.3) is 0 Å². The highest BCUT2D eigenvalue weighted by atomic mass is 16.4. The van der Waals surface area contributed by atoms with Gasteiger partial charge in [-0.3, -0.25) is 4.79 Å². The Morgan fingerprint density at radius 2 is 1.67 bits per heavy atom. The summed E-state index contributed by atoms with van der Waals surface area (Å²) in [6.45, 7) is 9.44. The molecule has 0 saturated heterocycles. The van der Waals surface area contributed by atoms with Gasteiger partial charge in [-0.15, -0.1) is 0 Å². The molecule has 4 nitrogen and oxygen atoms in total. The number of aliphatic carboxylic acids is 1. The Morgan fingerprint density at radius 1 is 1.00 bits per heavy atom. The highest BCUT2D eigenvalue weighted by molar-refractivity contribution is 5.66. The predicted octanol–water partition coefficient (Wildman–Crippen LogP) is 5.11. The van der Waals surface area contributed by atoms with Crippen LogP contribution in [0.4, 0.5) is 0 Å². The quantitative estimate of drug-likeness (QED) is 0.577. The first-order chi connectivity index (χ1) is 14.1. The van der Waals surface area contributed by atoms with E-state index in [0.717, 1.165) is 32.1 Å². The number of hydrogen-bond donors (Lipinski definition) is 3. The van der Waals surface area contributed by atoms with E-state index in [0.29, 0.717) is 41.4 Å². The van der Waals surface area contributed by atoms with Gasteiger partial charge in [-0.05, 0) is 104 Å². The third-order valence-corrected chi connectivity index (χ3v) is 11.0. The Bertz CT molecular complexity index is 649. The molecular formula is C26H44O4. The minimum absolute atomic E-state index is 0.194. The van der Waals surface area contributed by atoms with Gasteiger partial charge in [0, 0.05) is 6.42 Å². The molecule has 0 aromatic carbocycles. The van der Waals surface area contributed by atoms with E-state index >= 15 is 0 Å². The van der Waals surface area contributed by atoms with Crippen LogP contribution in [0.5, 0.6) is 0 Å². The molecule has 0 bridgehead atoms. The normalized spacial score (nSPS) is 51.5. The standard InChI is InChI=1S/C26H44O4/c1-5-17-21-14-16(27)10-12-26(21,4)20-11-13-25(3)18(15(2)6-9-22(28)29)7-8-19(25)23(20)24(17)30/h15-21,23-24,27,30H,5-14H2,1-4H3,(H,28,29)/t15-,16-,17-,18-,19?,20?,21+,23?,24-,25-,26-/m1/s1. The summed E-state index contributed by atoms with van der Waals surface area (Å²) in [6, 6.07) is 0. The SMILES string of the molecule is CC[C@H]1[C@@H](O)C2C3CC[C@H]([C@H](C)CCC(=O)O)[C@@]3(C)CCC2[C@@]2(C)CC[C@@H](O)C[C@@H]12. The molecule has 4 heteroatoms. The van der Waals surface area contributed by atoms with Crippen molar-refractivity contribution < 1.29 is 20.1 Å². The maximum Gasteiger partial charge on any atom is 0.303 e. The molecule has 0 aromatic heterocycles. The molecule has 172 valence electrons. The molecule has 0 amide bonds. The number of fused-ring (bicyclic) bond motifs is 5. The molecule has 4 fully saturated rings. The molecule has 0 aromatic rings. The van der Waals surface area contributed by atoms with Crippen molar-refractivity contribution in [2.24, 2.45) is 52.3 Å². The highest BCUT2D eigenvalue weighted by Crippen LogP contribution is 2.69. The van der Waals surface area contributed by atoms with Gasteiger partial charge < -0.3 is 15.3 Å². The summed E-state index contributed by atoms with van der Waals surface area (Å²) < 4.78 is 0. The van der Waals surface area contributed by atoms with Gasteiger partial charge in [0.1, 0.15) is 0 Å². The fraction of sp³-hybridized carbons (Fsp3) is 0.962. The topological polar surface area (TPSA) is 77.8 Å². The van der Waals surface area contributed by atoms with Gasteiger partial charge >= 0.3 is 5.97 Å². The molecule has 3 N–H and O–H groups in total. The lowest BCUT2D eigenvalue weighted by molar-refractivity contribution is -0.203. The molecule has 0 radical (unpaired) electrons. The van der Waals surface area contributed by atoms with E-state index in [-0.39, 0.29) is 29.5 Å². The second-order valence-electron chi connectivity index (χ2n) is 12.0. The molecule has 0 spiro atoms. The van der Waals surface area contributed by atoms with E-state index in [4.69, 9.17) is 5.11 Å². The Morgan fingerprint density at radius 3 is 2.33 bits per heavy atom. The summed E-state index contributed by atoms with van der Waals surface area (Å²) in [6.07, 6.45) is 9.27. The number of rotatable bonds is 5. The van der Waals surface area contributed by atoms with Crippen LogP contribution < -0.4 is 0 Å². The lowest BCUT2D eigenvalue weighted by atomic mass is 9.41. The Balaban J connectivity index is 1.61. The summed E-state index contributed by atoms with van der Waals surface area (Å²) in [5.74, 6) is 2.58. The van der Waals surface area contributed by atoms with Crippen LogP contribution in [0.2, 0.25) is 0 Å². The Kier molecular flexibility index (Phi) is 6.07. The Labute approximate surface area is 182 Å². The Hall–Kier alpha value is -0.610. The van der Waals surface area contributed by atoms with Crippen LogP contribution in [0.1, 0.15) is 91.9 Å². The number of aliphatic hydroxyl groups is 2. The zero-order valence-corrected chi connectivity index (χ0v) is 19.5. The third kappa shape index (κ3) is 3.36. The van der Waals surface area contributed by atoms with Crippen LogP contribution in [0.3, 0.4) is 0 Å². The van der Waals surface area contributed by atoms with Gasteiger partial charge in [-0.2, -0.15) is 0 Å². The van der Waals surface area contributed by atoms with Crippen molar-refractivity contribution in [3.8, 4) is 0 Å². The van der Waals surface area contributed by atoms with Crippen LogP contribution in [-0.4, -0.2) is 33.5 Å². The van der Waals surface area contributed by atoms with Crippen LogP contribution in [0.15, 0.2) is 0 Å². The molecule has 4 rings (SSSR count). The molecular weight excluding hydrogens is 376 g/mol. The average Bonchev–Trinajstić information content (AvgIpc) is 3.05. The summed E-state index contributed by atoms with van der Waals surface area (Å²) in [7, 11) is 0. The summed E-state index contributed by atoms with van der Waals surface area (Å²) >= 11 is 0. The van der Waals surface area contributed by atoms with Crippen LogP contribution in [-0.2, 0) is 4.79 Å². The molecule has 3 unspecified atom stereocenters. The lowest BCUT2D eigenvalue weighted by Crippen LogP contribution is -2.62. The maximum absolute atomic E-state index is 11.7. The van der Waals surface area contributed by atoms with Gasteiger partial charge in [-0.25, -0.2) is 0 Å². The first kappa shape index (κ1) is 22.6. The van der Waals surface area contributed by atoms with Gasteiger partial charge in [0.15, 0.2) is 0 Å². The van der Waals surface area contributed by atoms with E-state index in [1.807, 2.05) is 0 Å². The predicted molar refractivity (Wildman–Crippen MR) is 118 cm³/mol. The van der Waals surface area contributed by atoms with Crippen LogP contribution >= 0.6 is 0 Å². The van der Waals surface area contributed by atoms with Crippen molar-refractivity contribution in [2.75, 3.05) is 0 Å². The monoisotopic (exact) mass is 420 g/mol. The fourth-order valence-electron chi connectivity index (χ4n) is 9.48. The zero-order chi connectivity index (χ0) is 21.8. The number of hydrogen-bond acceptors (Lipinski definition) is 3. The van der Waals surface area contributed by atoms with Crippen molar-refractivity contribution >= 4 is 5.97 Å². The zero-order valence-electron chi connectivity index (χ0n) is 19.5. The maximum atomic E-state index is 11.7. The van der Waals surface area contributed by atoms with E-state index < -0.39 is 5.97 Å². The number of carbonyl (C=O) groups is 1. The van der Waals surface area contributed by atoms with E-state index in [1.165, 1.54) is 25.7 Å². The molecule has 4 saturated carbocycles. The van der Waals surface area contributed by atoms with E-state index in [2.05, 4.69) is 27.7 Å². The minimum Gasteiger partial charge on any atom is -0.481 e. The molecule has 4 aliphatic carbocycles. The highest BCUT2D eigenvalue weighted by Gasteiger charge is 2.64. The summed E-state index contributed by atoms with van der Waals surface area (Å²) in [5.41, 5.74) is 0.480. The van der Waals surface area contributed by atoms with Gasteiger partial charge in [0.25, 0.3) is 0 Å². The summed E-state index contributed by atoms with van der Waals surface area (Å²) in [4.78, 5) is 11.1. The second-order valence-corrected chi connectivity index (χ2v) is 12.0. The third-order valence-electron chi connectivity index (χ3n) is 11.0. The van der Waals surface area contributed by atoms with Gasteiger partial charge in [0.2, 0.25) is 0 Å². The molecule has 30 heavy (non-hydrogen) atoms. The van der Waals surface area contributed by atoms with E-state index in [1.54, 1.807) is 0 Å². The molecule has 4 aliphatic rings. The largest absolute Gasteiger partial charge is 0.481 e. The van der Waals surface area contributed by atoms with Crippen molar-refractivity contribution in [3.05, 3.63) is 0 Å². The van der Waals surface area contributed by atoms with E-state index in [9.17, 15) is 15.0 Å². The number of carboxylic acids is 1. The first-order valence-corrected chi connectivity index (χ1v) is 12.7. The van der Waals surface area contributed by atoms with Gasteiger partial charge in [0.05, 0.1) is 12.2 Å². The fourth-order valence-corrected chi connectivity index (χ4v) is 9.48. The summed E-state index contributed by atoms with van der Waals surface area (Å²) in [5, 5.41) is 31.3. The number of aliphatic hydroxyl groups excluding tert-OH is 2. The van der Waals surface area contributed by atoms with Crippen molar-refractivity contribution in [3.63, 3.8) is 0 Å². The number of carboxylic acid groups (broad SMARTS) is 1. The second kappa shape index (κ2) is 8.06. The lowest BCUT2D eigenvalue weighted by Gasteiger charge is -2.64.